The molecule has 1 aromatic rings. The molecule has 2 N–H and O–H groups in total. The number of aromatic nitrogens is 2. The first-order valence-corrected chi connectivity index (χ1v) is 4.08. The van der Waals surface area contributed by atoms with Crippen molar-refractivity contribution in [2.45, 2.75) is 12.8 Å². The monoisotopic (exact) mass is 232 g/mol. The quantitative estimate of drug-likeness (QED) is 0.840. The van der Waals surface area contributed by atoms with Gasteiger partial charge in [0, 0.05) is 0 Å². The number of ether oxygens (including phenoxy) is 1. The fourth-order valence-electron chi connectivity index (χ4n) is 0.847. The van der Waals surface area contributed by atoms with E-state index in [-0.39, 0.29) is 17.2 Å². The summed E-state index contributed by atoms with van der Waals surface area (Å²) in [5.41, 5.74) is 5.41. The lowest BCUT2D eigenvalue weighted by molar-refractivity contribution is -0.177. The number of anilines is 1. The van der Waals surface area contributed by atoms with Crippen molar-refractivity contribution < 1.29 is 17.9 Å². The number of hydrogen-bond donors (Lipinski definition) is 1. The van der Waals surface area contributed by atoms with E-state index in [1.807, 2.05) is 0 Å². The molecule has 8 heteroatoms. The van der Waals surface area contributed by atoms with Crippen molar-refractivity contribution in [3.05, 3.63) is 17.6 Å². The predicted molar refractivity (Wildman–Crippen MR) is 46.9 cm³/mol. The summed E-state index contributed by atoms with van der Waals surface area (Å²) < 4.78 is 39.5. The molecule has 1 rings (SSSR count). The summed E-state index contributed by atoms with van der Waals surface area (Å²) in [7, 11) is 0. The van der Waals surface area contributed by atoms with Crippen molar-refractivity contribution in [1.82, 2.24) is 9.97 Å². The molecule has 1 heterocycles. The molecule has 0 saturated carbocycles. The fraction of sp³-hybridized carbons (Fsp3) is 0.375. The molecule has 0 fully saturated rings. The largest absolute Gasteiger partial charge is 0.411 e. The minimum Gasteiger partial charge on any atom is -0.382 e. The predicted octanol–water partition coefficient (Wildman–Crippen LogP) is 1.01. The Morgan fingerprint density at radius 3 is 2.69 bits per heavy atom. The number of rotatable bonds is 3. The third kappa shape index (κ3) is 3.70. The number of alkyl halides is 3. The maximum Gasteiger partial charge on any atom is 0.411 e. The summed E-state index contributed by atoms with van der Waals surface area (Å²) in [6.45, 7) is -1.79. The number of hydrogen-bond acceptors (Lipinski definition) is 5. The minimum atomic E-state index is -4.39. The van der Waals surface area contributed by atoms with Crippen LogP contribution in [0.1, 0.15) is 11.4 Å². The maximum absolute atomic E-state index is 11.7. The highest BCUT2D eigenvalue weighted by Gasteiger charge is 2.27. The molecule has 0 aliphatic heterocycles. The smallest absolute Gasteiger partial charge is 0.382 e. The highest BCUT2D eigenvalue weighted by atomic mass is 19.4. The van der Waals surface area contributed by atoms with Crippen LogP contribution < -0.4 is 5.73 Å². The maximum atomic E-state index is 11.7. The van der Waals surface area contributed by atoms with Crippen LogP contribution in [0, 0.1) is 11.3 Å². The first kappa shape index (κ1) is 12.2. The summed E-state index contributed by atoms with van der Waals surface area (Å²) in [5.74, 6) is -0.0798. The molecule has 0 unspecified atom stereocenters. The van der Waals surface area contributed by atoms with E-state index in [9.17, 15) is 13.2 Å². The van der Waals surface area contributed by atoms with E-state index in [0.717, 1.165) is 6.20 Å². The van der Waals surface area contributed by atoms with Crippen LogP contribution in [0.15, 0.2) is 6.20 Å². The van der Waals surface area contributed by atoms with Gasteiger partial charge < -0.3 is 10.5 Å². The normalized spacial score (nSPS) is 11.1. The first-order chi connectivity index (χ1) is 7.42. The third-order valence-electron chi connectivity index (χ3n) is 1.49. The van der Waals surface area contributed by atoms with Crippen molar-refractivity contribution in [3.8, 4) is 6.07 Å². The van der Waals surface area contributed by atoms with Crippen molar-refractivity contribution in [2.75, 3.05) is 12.3 Å². The van der Waals surface area contributed by atoms with E-state index in [1.165, 1.54) is 0 Å². The summed E-state index contributed by atoms with van der Waals surface area (Å²) in [6, 6.07) is 1.73. The number of nitrogens with zero attached hydrogens (tertiary/aromatic N) is 3. The van der Waals surface area contributed by atoms with Crippen molar-refractivity contribution in [2.24, 2.45) is 0 Å². The molecule has 0 amide bonds. The van der Waals surface area contributed by atoms with Crippen LogP contribution in [0.3, 0.4) is 0 Å². The molecule has 16 heavy (non-hydrogen) atoms. The van der Waals surface area contributed by atoms with E-state index in [1.54, 1.807) is 6.07 Å². The first-order valence-electron chi connectivity index (χ1n) is 4.08. The van der Waals surface area contributed by atoms with Crippen molar-refractivity contribution >= 4 is 5.82 Å². The van der Waals surface area contributed by atoms with Crippen LogP contribution >= 0.6 is 0 Å². The molecule has 5 nitrogen and oxygen atoms in total. The Bertz CT molecular complexity index is 413. The van der Waals surface area contributed by atoms with Gasteiger partial charge in [-0.05, 0) is 0 Å². The molecule has 0 radical (unpaired) electrons. The third-order valence-corrected chi connectivity index (χ3v) is 1.49. The average Bonchev–Trinajstić information content (AvgIpc) is 2.16. The number of halogens is 3. The molecule has 0 bridgehead atoms. The van der Waals surface area contributed by atoms with E-state index in [2.05, 4.69) is 14.7 Å². The Morgan fingerprint density at radius 1 is 1.50 bits per heavy atom. The molecule has 0 spiro atoms. The van der Waals surface area contributed by atoms with Gasteiger partial charge in [0.2, 0.25) is 0 Å². The SMILES string of the molecule is N#Cc1cnc(COCC(F)(F)F)nc1N. The van der Waals surface area contributed by atoms with Gasteiger partial charge >= 0.3 is 6.18 Å². The van der Waals surface area contributed by atoms with E-state index in [4.69, 9.17) is 11.0 Å². The molecule has 0 aliphatic carbocycles. The van der Waals surface area contributed by atoms with Gasteiger partial charge in [0.1, 0.15) is 30.7 Å². The van der Waals surface area contributed by atoms with E-state index < -0.39 is 19.4 Å². The second-order valence-electron chi connectivity index (χ2n) is 2.80. The second kappa shape index (κ2) is 4.76. The zero-order valence-electron chi connectivity index (χ0n) is 7.95. The van der Waals surface area contributed by atoms with Crippen LogP contribution in [0.25, 0.3) is 0 Å². The summed E-state index contributed by atoms with van der Waals surface area (Å²) >= 11 is 0. The summed E-state index contributed by atoms with van der Waals surface area (Å²) in [6.07, 6.45) is -3.26. The van der Waals surface area contributed by atoms with E-state index >= 15 is 0 Å². The molecule has 86 valence electrons. The summed E-state index contributed by atoms with van der Waals surface area (Å²) in [5, 5.41) is 8.50. The highest BCUT2D eigenvalue weighted by molar-refractivity contribution is 5.46. The Balaban J connectivity index is 2.57. The standard InChI is InChI=1S/C8H7F3N4O/c9-8(10,11)4-16-3-6-14-2-5(1-12)7(13)15-6/h2H,3-4H2,(H2,13,14,15). The van der Waals surface area contributed by atoms with Crippen LogP contribution in [-0.4, -0.2) is 22.8 Å². The van der Waals surface area contributed by atoms with Gasteiger partial charge in [-0.25, -0.2) is 9.97 Å². The second-order valence-corrected chi connectivity index (χ2v) is 2.80. The highest BCUT2D eigenvalue weighted by Crippen LogP contribution is 2.15. The average molecular weight is 232 g/mol. The molecular formula is C8H7F3N4O. The van der Waals surface area contributed by atoms with Crippen molar-refractivity contribution in [3.63, 3.8) is 0 Å². The Morgan fingerprint density at radius 2 is 2.19 bits per heavy atom. The Labute approximate surface area is 88.7 Å². The van der Waals surface area contributed by atoms with Crippen LogP contribution in [-0.2, 0) is 11.3 Å². The van der Waals surface area contributed by atoms with Gasteiger partial charge in [0.15, 0.2) is 5.82 Å². The van der Waals surface area contributed by atoms with Crippen LogP contribution in [0.2, 0.25) is 0 Å². The number of nitriles is 1. The zero-order chi connectivity index (χ0) is 12.2. The molecular weight excluding hydrogens is 225 g/mol. The topological polar surface area (TPSA) is 84.8 Å². The van der Waals surface area contributed by atoms with Gasteiger partial charge in [-0.3, -0.25) is 0 Å². The van der Waals surface area contributed by atoms with Gasteiger partial charge in [0.05, 0.1) is 6.20 Å². The lowest BCUT2D eigenvalue weighted by Crippen LogP contribution is -2.17. The molecule has 0 saturated heterocycles. The number of nitrogen functional groups attached to an aromatic ring is 1. The molecule has 0 aliphatic rings. The lowest BCUT2D eigenvalue weighted by atomic mass is 10.3. The van der Waals surface area contributed by atoms with Crippen LogP contribution in [0.4, 0.5) is 19.0 Å². The number of nitrogens with two attached hydrogens (primary N) is 1. The van der Waals surface area contributed by atoms with Gasteiger partial charge in [0.25, 0.3) is 0 Å². The fourth-order valence-corrected chi connectivity index (χ4v) is 0.847. The minimum absolute atomic E-state index is 0.000694. The van der Waals surface area contributed by atoms with Gasteiger partial charge in [-0.1, -0.05) is 0 Å². The molecule has 1 aromatic heterocycles. The van der Waals surface area contributed by atoms with Gasteiger partial charge in [-0.15, -0.1) is 0 Å². The molecule has 0 atom stereocenters. The van der Waals surface area contributed by atoms with Gasteiger partial charge in [-0.2, -0.15) is 18.4 Å². The Hall–Kier alpha value is -1.88. The zero-order valence-corrected chi connectivity index (χ0v) is 7.95. The Kier molecular flexibility index (Phi) is 3.63. The molecule has 0 aromatic carbocycles. The summed E-state index contributed by atoms with van der Waals surface area (Å²) in [4.78, 5) is 7.24. The van der Waals surface area contributed by atoms with Crippen molar-refractivity contribution in [1.29, 1.82) is 5.26 Å². The lowest BCUT2D eigenvalue weighted by Gasteiger charge is -2.06. The van der Waals surface area contributed by atoms with E-state index in [0.29, 0.717) is 0 Å². The van der Waals surface area contributed by atoms with Crippen LogP contribution in [0.5, 0.6) is 0 Å².